The SMILES string of the molecule is NC(=O)N1CCC[C@@H](C(=O)Nc2cc(F)ccc2N2CCCCC2)C1. The molecule has 6 nitrogen and oxygen atoms in total. The van der Waals surface area contributed by atoms with Gasteiger partial charge in [-0.25, -0.2) is 9.18 Å². The van der Waals surface area contributed by atoms with Crippen LogP contribution in [0.4, 0.5) is 20.6 Å². The molecular formula is C18H25FN4O2. The second-order valence-electron chi connectivity index (χ2n) is 6.82. The van der Waals surface area contributed by atoms with Crippen molar-refractivity contribution in [2.45, 2.75) is 32.1 Å². The first-order valence-electron chi connectivity index (χ1n) is 8.94. The number of carbonyl (C=O) groups excluding carboxylic acids is 2. The molecule has 2 aliphatic heterocycles. The number of benzene rings is 1. The van der Waals surface area contributed by atoms with E-state index >= 15 is 0 Å². The van der Waals surface area contributed by atoms with Crippen molar-refractivity contribution >= 4 is 23.3 Å². The minimum absolute atomic E-state index is 0.185. The van der Waals surface area contributed by atoms with Crippen LogP contribution >= 0.6 is 0 Å². The summed E-state index contributed by atoms with van der Waals surface area (Å²) < 4.78 is 13.7. The van der Waals surface area contributed by atoms with E-state index in [4.69, 9.17) is 5.73 Å². The molecule has 0 saturated carbocycles. The fourth-order valence-corrected chi connectivity index (χ4v) is 3.65. The number of likely N-dealkylation sites (tertiary alicyclic amines) is 1. The summed E-state index contributed by atoms with van der Waals surface area (Å²) in [5, 5.41) is 2.88. The molecule has 1 aromatic rings. The van der Waals surface area contributed by atoms with E-state index in [9.17, 15) is 14.0 Å². The Bertz CT molecular complexity index is 646. The van der Waals surface area contributed by atoms with Crippen molar-refractivity contribution in [3.63, 3.8) is 0 Å². The average Bonchev–Trinajstić information content (AvgIpc) is 2.62. The highest BCUT2D eigenvalue weighted by Gasteiger charge is 2.28. The van der Waals surface area contributed by atoms with Gasteiger partial charge in [0.2, 0.25) is 5.91 Å². The molecule has 0 spiro atoms. The molecule has 7 heteroatoms. The van der Waals surface area contributed by atoms with E-state index in [1.54, 1.807) is 6.07 Å². The van der Waals surface area contributed by atoms with Gasteiger partial charge in [0.1, 0.15) is 5.82 Å². The highest BCUT2D eigenvalue weighted by Crippen LogP contribution is 2.30. The third kappa shape index (κ3) is 4.21. The lowest BCUT2D eigenvalue weighted by molar-refractivity contribution is -0.121. The molecule has 2 fully saturated rings. The molecule has 1 atom stereocenters. The largest absolute Gasteiger partial charge is 0.370 e. The van der Waals surface area contributed by atoms with Crippen LogP contribution in [0, 0.1) is 11.7 Å². The lowest BCUT2D eigenvalue weighted by Gasteiger charge is -2.32. The Morgan fingerprint density at radius 1 is 1.12 bits per heavy atom. The molecule has 2 heterocycles. The third-order valence-corrected chi connectivity index (χ3v) is 5.02. The number of rotatable bonds is 3. The number of amides is 3. The molecule has 0 aromatic heterocycles. The molecule has 0 unspecified atom stereocenters. The number of halogens is 1. The predicted octanol–water partition coefficient (Wildman–Crippen LogP) is 2.55. The Labute approximate surface area is 147 Å². The molecule has 2 saturated heterocycles. The first-order valence-corrected chi connectivity index (χ1v) is 8.94. The normalized spacial score (nSPS) is 21.1. The van der Waals surface area contributed by atoms with E-state index < -0.39 is 6.03 Å². The van der Waals surface area contributed by atoms with Gasteiger partial charge in [-0.2, -0.15) is 0 Å². The van der Waals surface area contributed by atoms with Crippen LogP contribution in [0.5, 0.6) is 0 Å². The van der Waals surface area contributed by atoms with Gasteiger partial charge in [0.15, 0.2) is 0 Å². The summed E-state index contributed by atoms with van der Waals surface area (Å²) in [7, 11) is 0. The highest BCUT2D eigenvalue weighted by molar-refractivity contribution is 5.96. The number of carbonyl (C=O) groups is 2. The maximum atomic E-state index is 13.7. The van der Waals surface area contributed by atoms with E-state index in [1.807, 2.05) is 0 Å². The van der Waals surface area contributed by atoms with Gasteiger partial charge in [0, 0.05) is 26.2 Å². The molecule has 3 N–H and O–H groups in total. The summed E-state index contributed by atoms with van der Waals surface area (Å²) >= 11 is 0. The minimum atomic E-state index is -0.503. The van der Waals surface area contributed by atoms with E-state index in [-0.39, 0.29) is 17.6 Å². The average molecular weight is 348 g/mol. The number of piperidine rings is 2. The van der Waals surface area contributed by atoms with Crippen molar-refractivity contribution in [2.24, 2.45) is 11.7 Å². The molecule has 0 radical (unpaired) electrons. The number of anilines is 2. The zero-order valence-corrected chi connectivity index (χ0v) is 14.3. The minimum Gasteiger partial charge on any atom is -0.370 e. The lowest BCUT2D eigenvalue weighted by atomic mass is 9.97. The Hall–Kier alpha value is -2.31. The first-order chi connectivity index (χ1) is 12.0. The smallest absolute Gasteiger partial charge is 0.314 e. The van der Waals surface area contributed by atoms with Gasteiger partial charge in [-0.1, -0.05) is 0 Å². The molecule has 25 heavy (non-hydrogen) atoms. The van der Waals surface area contributed by atoms with Crippen molar-refractivity contribution in [1.29, 1.82) is 0 Å². The van der Waals surface area contributed by atoms with Gasteiger partial charge in [-0.05, 0) is 50.3 Å². The van der Waals surface area contributed by atoms with Gasteiger partial charge in [-0.15, -0.1) is 0 Å². The van der Waals surface area contributed by atoms with Crippen LogP contribution in [0.15, 0.2) is 18.2 Å². The van der Waals surface area contributed by atoms with Crippen molar-refractivity contribution < 1.29 is 14.0 Å². The summed E-state index contributed by atoms with van der Waals surface area (Å²) in [5.41, 5.74) is 6.68. The summed E-state index contributed by atoms with van der Waals surface area (Å²) in [4.78, 5) is 27.7. The van der Waals surface area contributed by atoms with E-state index in [2.05, 4.69) is 10.2 Å². The maximum absolute atomic E-state index is 13.7. The number of nitrogens with two attached hydrogens (primary N) is 1. The number of nitrogens with zero attached hydrogens (tertiary/aromatic N) is 2. The van der Waals surface area contributed by atoms with E-state index in [1.165, 1.54) is 23.5 Å². The van der Waals surface area contributed by atoms with Crippen LogP contribution < -0.4 is 16.0 Å². The number of primary amides is 1. The summed E-state index contributed by atoms with van der Waals surface area (Å²) in [6.45, 7) is 2.72. The molecular weight excluding hydrogens is 323 g/mol. The van der Waals surface area contributed by atoms with Gasteiger partial charge in [-0.3, -0.25) is 4.79 Å². The highest BCUT2D eigenvalue weighted by atomic mass is 19.1. The number of urea groups is 1. The molecule has 3 amide bonds. The van der Waals surface area contributed by atoms with Gasteiger partial charge in [0.25, 0.3) is 0 Å². The standard InChI is InChI=1S/C18H25FN4O2/c19-14-6-7-16(22-8-2-1-3-9-22)15(11-14)21-17(24)13-5-4-10-23(12-13)18(20)25/h6-7,11,13H,1-5,8-10,12H2,(H2,20,25)(H,21,24)/t13-/m1/s1. The van der Waals surface area contributed by atoms with Crippen LogP contribution in [-0.4, -0.2) is 43.0 Å². The lowest BCUT2D eigenvalue weighted by Crippen LogP contribution is -2.46. The molecule has 2 aliphatic rings. The summed E-state index contributed by atoms with van der Waals surface area (Å²) in [5.74, 6) is -0.882. The second kappa shape index (κ2) is 7.72. The number of hydrogen-bond acceptors (Lipinski definition) is 3. The van der Waals surface area contributed by atoms with Crippen LogP contribution in [0.3, 0.4) is 0 Å². The van der Waals surface area contributed by atoms with Gasteiger partial charge < -0.3 is 20.9 Å². The Balaban J connectivity index is 1.74. The van der Waals surface area contributed by atoms with Gasteiger partial charge >= 0.3 is 6.03 Å². The van der Waals surface area contributed by atoms with Crippen molar-refractivity contribution in [2.75, 3.05) is 36.4 Å². The van der Waals surface area contributed by atoms with Crippen LogP contribution in [0.1, 0.15) is 32.1 Å². The molecule has 1 aromatic carbocycles. The fourth-order valence-electron chi connectivity index (χ4n) is 3.65. The van der Waals surface area contributed by atoms with E-state index in [0.717, 1.165) is 38.0 Å². The molecule has 0 aliphatic carbocycles. The van der Waals surface area contributed by atoms with Crippen molar-refractivity contribution in [3.8, 4) is 0 Å². The quantitative estimate of drug-likeness (QED) is 0.881. The van der Waals surface area contributed by atoms with E-state index in [0.29, 0.717) is 25.2 Å². The van der Waals surface area contributed by atoms with Gasteiger partial charge in [0.05, 0.1) is 17.3 Å². The van der Waals surface area contributed by atoms with Crippen LogP contribution in [0.25, 0.3) is 0 Å². The second-order valence-corrected chi connectivity index (χ2v) is 6.82. The zero-order valence-electron chi connectivity index (χ0n) is 14.3. The van der Waals surface area contributed by atoms with Crippen LogP contribution in [0.2, 0.25) is 0 Å². The summed E-state index contributed by atoms with van der Waals surface area (Å²) in [6, 6.07) is 4.02. The predicted molar refractivity (Wildman–Crippen MR) is 95.0 cm³/mol. The number of nitrogens with one attached hydrogen (secondary N) is 1. The fraction of sp³-hybridized carbons (Fsp3) is 0.556. The van der Waals surface area contributed by atoms with Crippen LogP contribution in [-0.2, 0) is 4.79 Å². The zero-order chi connectivity index (χ0) is 17.8. The Morgan fingerprint density at radius 2 is 1.88 bits per heavy atom. The Morgan fingerprint density at radius 3 is 2.60 bits per heavy atom. The van der Waals surface area contributed by atoms with Crippen molar-refractivity contribution in [3.05, 3.63) is 24.0 Å². The molecule has 136 valence electrons. The maximum Gasteiger partial charge on any atom is 0.314 e. The molecule has 3 rings (SSSR count). The molecule has 0 bridgehead atoms. The topological polar surface area (TPSA) is 78.7 Å². The Kier molecular flexibility index (Phi) is 5.40. The number of hydrogen-bond donors (Lipinski definition) is 2. The first kappa shape index (κ1) is 17.5. The summed E-state index contributed by atoms with van der Waals surface area (Å²) in [6.07, 6.45) is 4.83. The van der Waals surface area contributed by atoms with Crippen molar-refractivity contribution in [1.82, 2.24) is 4.90 Å². The third-order valence-electron chi connectivity index (χ3n) is 5.02. The monoisotopic (exact) mass is 348 g/mol.